The van der Waals surface area contributed by atoms with Gasteiger partial charge in [-0.3, -0.25) is 9.59 Å². The van der Waals surface area contributed by atoms with Crippen molar-refractivity contribution >= 4 is 23.3 Å². The maximum atomic E-state index is 12.1. The van der Waals surface area contributed by atoms with Crippen LogP contribution in [0.3, 0.4) is 0 Å². The Kier molecular flexibility index (Phi) is 5.66. The van der Waals surface area contributed by atoms with E-state index in [9.17, 15) is 19.8 Å². The van der Waals surface area contributed by atoms with E-state index in [1.807, 2.05) is 0 Å². The molecule has 7 nitrogen and oxygen atoms in total. The number of carbonyl (C=O) groups is 2. The van der Waals surface area contributed by atoms with Gasteiger partial charge in [-0.05, 0) is 23.3 Å². The number of hydrogen-bond acceptors (Lipinski definition) is 5. The van der Waals surface area contributed by atoms with Gasteiger partial charge in [-0.1, -0.05) is 85.0 Å². The number of benzene rings is 2. The number of ether oxygens (including phenoxy) is 1. The fourth-order valence-electron chi connectivity index (χ4n) is 4.21. The zero-order chi connectivity index (χ0) is 23.6. The minimum absolute atomic E-state index is 0.386. The van der Waals surface area contributed by atoms with Crippen LogP contribution in [0.5, 0.6) is 0 Å². The van der Waals surface area contributed by atoms with Crippen LogP contribution in [0.15, 0.2) is 97.1 Å². The first-order valence-electron chi connectivity index (χ1n) is 10.4. The van der Waals surface area contributed by atoms with E-state index in [1.165, 1.54) is 0 Å². The predicted octanol–water partition coefficient (Wildman–Crippen LogP) is 3.20. The van der Waals surface area contributed by atoms with Gasteiger partial charge in [-0.25, -0.2) is 0 Å². The average Bonchev–Trinajstić information content (AvgIpc) is 2.81. The van der Waals surface area contributed by atoms with Crippen LogP contribution < -0.4 is 11.5 Å². The van der Waals surface area contributed by atoms with E-state index in [2.05, 4.69) is 0 Å². The van der Waals surface area contributed by atoms with Crippen LogP contribution >= 0.6 is 0 Å². The van der Waals surface area contributed by atoms with Crippen LogP contribution in [0, 0.1) is 0 Å². The summed E-state index contributed by atoms with van der Waals surface area (Å²) in [5, 5.41) is 19.9. The molecular weight excluding hydrogens is 420 g/mol. The summed E-state index contributed by atoms with van der Waals surface area (Å²) < 4.78 is 6.02. The first-order chi connectivity index (χ1) is 15.8. The molecule has 0 bridgehead atoms. The van der Waals surface area contributed by atoms with Gasteiger partial charge in [0.15, 0.2) is 0 Å². The first kappa shape index (κ1) is 22.1. The Bertz CT molecular complexity index is 1090. The molecule has 4 rings (SSSR count). The molecule has 0 fully saturated rings. The SMILES string of the molecule is Nc1ccccc1C1(C(=O)O)C=CC(OC2C=CC(C(=O)O)(c3ccccc3N)C=C2)C=C1. The summed E-state index contributed by atoms with van der Waals surface area (Å²) in [5.41, 5.74) is 11.0. The third kappa shape index (κ3) is 3.83. The molecular formula is C26H24N2O5. The molecule has 0 spiro atoms. The third-order valence-corrected chi connectivity index (χ3v) is 6.03. The molecule has 2 aromatic rings. The van der Waals surface area contributed by atoms with Crippen LogP contribution in [-0.4, -0.2) is 34.4 Å². The second kappa shape index (κ2) is 8.44. The minimum atomic E-state index is -1.38. The largest absolute Gasteiger partial charge is 0.480 e. The predicted molar refractivity (Wildman–Crippen MR) is 126 cm³/mol. The van der Waals surface area contributed by atoms with Gasteiger partial charge in [0.25, 0.3) is 0 Å². The number of anilines is 2. The highest BCUT2D eigenvalue weighted by molar-refractivity contribution is 5.90. The Labute approximate surface area is 191 Å². The van der Waals surface area contributed by atoms with Crippen molar-refractivity contribution in [2.75, 3.05) is 11.5 Å². The molecule has 0 saturated carbocycles. The maximum Gasteiger partial charge on any atom is 0.322 e. The lowest BCUT2D eigenvalue weighted by Gasteiger charge is -2.31. The van der Waals surface area contributed by atoms with Crippen LogP contribution in [0.25, 0.3) is 0 Å². The summed E-state index contributed by atoms with van der Waals surface area (Å²) in [6.07, 6.45) is 11.9. The quantitative estimate of drug-likeness (QED) is 0.397. The molecule has 7 heteroatoms. The van der Waals surface area contributed by atoms with Crippen molar-refractivity contribution < 1.29 is 24.5 Å². The summed E-state index contributed by atoms with van der Waals surface area (Å²) in [6.45, 7) is 0. The van der Waals surface area contributed by atoms with Crippen LogP contribution in [0.4, 0.5) is 11.4 Å². The highest BCUT2D eigenvalue weighted by atomic mass is 16.5. The van der Waals surface area contributed by atoms with E-state index in [4.69, 9.17) is 16.2 Å². The molecule has 6 N–H and O–H groups in total. The molecule has 33 heavy (non-hydrogen) atoms. The molecule has 0 aromatic heterocycles. The third-order valence-electron chi connectivity index (χ3n) is 6.03. The zero-order valence-corrected chi connectivity index (χ0v) is 17.7. The topological polar surface area (TPSA) is 136 Å². The standard InChI is InChI=1S/C26H24N2O5/c27-21-7-3-1-5-19(21)25(23(29)30)13-9-17(10-14-25)33-18-11-15-26(16-12-18,24(31)32)20-6-2-4-8-22(20)28/h1-18H,27-28H2,(H,29,30)(H,31,32). The van der Waals surface area contributed by atoms with E-state index in [1.54, 1.807) is 97.1 Å². The molecule has 0 saturated heterocycles. The van der Waals surface area contributed by atoms with Gasteiger partial charge >= 0.3 is 11.9 Å². The van der Waals surface area contributed by atoms with Crippen molar-refractivity contribution in [3.05, 3.63) is 108 Å². The second-order valence-corrected chi connectivity index (χ2v) is 8.02. The Hall–Kier alpha value is -4.10. The monoisotopic (exact) mass is 444 g/mol. The maximum absolute atomic E-state index is 12.1. The number of carboxylic acids is 2. The van der Waals surface area contributed by atoms with Gasteiger partial charge in [0.05, 0.1) is 12.2 Å². The van der Waals surface area contributed by atoms with E-state index in [0.29, 0.717) is 22.5 Å². The number of nitrogen functional groups attached to an aromatic ring is 2. The number of nitrogens with two attached hydrogens (primary N) is 2. The number of aliphatic carboxylic acids is 2. The minimum Gasteiger partial charge on any atom is -0.480 e. The number of para-hydroxylation sites is 2. The highest BCUT2D eigenvalue weighted by Crippen LogP contribution is 2.37. The van der Waals surface area contributed by atoms with E-state index < -0.39 is 35.0 Å². The normalized spacial score (nSPS) is 28.0. The molecule has 0 radical (unpaired) electrons. The van der Waals surface area contributed by atoms with Crippen LogP contribution in [-0.2, 0) is 25.2 Å². The molecule has 0 aliphatic heterocycles. The summed E-state index contributed by atoms with van der Waals surface area (Å²) in [4.78, 5) is 24.3. The summed E-state index contributed by atoms with van der Waals surface area (Å²) in [7, 11) is 0. The van der Waals surface area contributed by atoms with Gasteiger partial charge < -0.3 is 26.4 Å². The Balaban J connectivity index is 1.53. The van der Waals surface area contributed by atoms with Crippen molar-refractivity contribution in [1.29, 1.82) is 0 Å². The second-order valence-electron chi connectivity index (χ2n) is 8.02. The number of carboxylic acid groups (broad SMARTS) is 2. The van der Waals surface area contributed by atoms with Crippen molar-refractivity contribution in [3.63, 3.8) is 0 Å². The Morgan fingerprint density at radius 2 is 1.00 bits per heavy atom. The van der Waals surface area contributed by atoms with Gasteiger partial charge in [0.2, 0.25) is 0 Å². The fourth-order valence-corrected chi connectivity index (χ4v) is 4.21. The van der Waals surface area contributed by atoms with E-state index in [0.717, 1.165) is 0 Å². The van der Waals surface area contributed by atoms with E-state index in [-0.39, 0.29) is 0 Å². The Morgan fingerprint density at radius 1 is 0.667 bits per heavy atom. The van der Waals surface area contributed by atoms with Gasteiger partial charge in [0.1, 0.15) is 10.8 Å². The van der Waals surface area contributed by atoms with Crippen molar-refractivity contribution in [2.24, 2.45) is 0 Å². The van der Waals surface area contributed by atoms with Crippen molar-refractivity contribution in [3.8, 4) is 0 Å². The van der Waals surface area contributed by atoms with Gasteiger partial charge in [-0.15, -0.1) is 0 Å². The smallest absolute Gasteiger partial charge is 0.322 e. The highest BCUT2D eigenvalue weighted by Gasteiger charge is 2.40. The molecule has 0 unspecified atom stereocenters. The van der Waals surface area contributed by atoms with Crippen molar-refractivity contribution in [2.45, 2.75) is 23.0 Å². The van der Waals surface area contributed by atoms with Gasteiger partial charge in [0, 0.05) is 11.4 Å². The number of hydrogen-bond donors (Lipinski definition) is 4. The lowest BCUT2D eigenvalue weighted by atomic mass is 9.76. The summed E-state index contributed by atoms with van der Waals surface area (Å²) >= 11 is 0. The molecule has 168 valence electrons. The molecule has 2 aliphatic carbocycles. The zero-order valence-electron chi connectivity index (χ0n) is 17.7. The first-order valence-corrected chi connectivity index (χ1v) is 10.4. The summed E-state index contributed by atoms with van der Waals surface area (Å²) in [5.74, 6) is -2.09. The van der Waals surface area contributed by atoms with E-state index >= 15 is 0 Å². The van der Waals surface area contributed by atoms with Gasteiger partial charge in [-0.2, -0.15) is 0 Å². The molecule has 0 amide bonds. The summed E-state index contributed by atoms with van der Waals surface area (Å²) in [6, 6.07) is 13.7. The molecule has 2 aromatic carbocycles. The van der Waals surface area contributed by atoms with Crippen LogP contribution in [0.2, 0.25) is 0 Å². The van der Waals surface area contributed by atoms with Crippen LogP contribution in [0.1, 0.15) is 11.1 Å². The molecule has 2 aliphatic rings. The lowest BCUT2D eigenvalue weighted by molar-refractivity contribution is -0.141. The van der Waals surface area contributed by atoms with Crippen molar-refractivity contribution in [1.82, 2.24) is 0 Å². The average molecular weight is 444 g/mol. The Morgan fingerprint density at radius 3 is 1.30 bits per heavy atom. The fraction of sp³-hybridized carbons (Fsp3) is 0.154. The molecule has 0 heterocycles. The molecule has 0 atom stereocenters. The lowest BCUT2D eigenvalue weighted by Crippen LogP contribution is -2.37. The number of rotatable bonds is 6.